The van der Waals surface area contributed by atoms with Crippen LogP contribution in [0.15, 0.2) is 35.3 Å². The molecule has 1 aromatic rings. The number of benzene rings is 1. The second kappa shape index (κ2) is 4.87. The highest BCUT2D eigenvalue weighted by Crippen LogP contribution is 2.29. The molecule has 0 aromatic heterocycles. The molecular weight excluding hydrogens is 188 g/mol. The highest BCUT2D eigenvalue weighted by molar-refractivity contribution is 5.36. The Morgan fingerprint density at radius 2 is 2.20 bits per heavy atom. The first-order chi connectivity index (χ1) is 7.42. The summed E-state index contributed by atoms with van der Waals surface area (Å²) < 4.78 is 0. The maximum Gasteiger partial charge on any atom is 0.235 e. The van der Waals surface area contributed by atoms with Crippen molar-refractivity contribution in [2.45, 2.75) is 12.5 Å². The second-order valence-electron chi connectivity index (χ2n) is 3.83. The lowest BCUT2D eigenvalue weighted by atomic mass is 9.93. The average Bonchev–Trinajstić information content (AvgIpc) is 2.80. The van der Waals surface area contributed by atoms with E-state index in [1.807, 2.05) is 30.3 Å². The van der Waals surface area contributed by atoms with Crippen LogP contribution in [0.4, 0.5) is 0 Å². The predicted octanol–water partition coefficient (Wildman–Crippen LogP) is 1.67. The Kier molecular flexibility index (Phi) is 3.28. The molecule has 1 saturated heterocycles. The highest BCUT2D eigenvalue weighted by Gasteiger charge is 2.25. The Morgan fingerprint density at radius 3 is 2.80 bits per heavy atom. The van der Waals surface area contributed by atoms with E-state index in [1.165, 1.54) is 0 Å². The van der Waals surface area contributed by atoms with E-state index in [0.29, 0.717) is 5.92 Å². The van der Waals surface area contributed by atoms with Crippen LogP contribution < -0.4 is 5.32 Å². The van der Waals surface area contributed by atoms with E-state index in [0.717, 1.165) is 25.1 Å². The molecule has 1 aliphatic rings. The van der Waals surface area contributed by atoms with Crippen molar-refractivity contribution in [2.24, 2.45) is 10.9 Å². The fourth-order valence-corrected chi connectivity index (χ4v) is 2.11. The minimum absolute atomic E-state index is 0.0290. The van der Waals surface area contributed by atoms with Crippen LogP contribution in [0.1, 0.15) is 18.0 Å². The molecule has 1 N–H and O–H groups in total. The lowest BCUT2D eigenvalue weighted by Gasteiger charge is -2.17. The van der Waals surface area contributed by atoms with Crippen LogP contribution in [-0.2, 0) is 4.79 Å². The van der Waals surface area contributed by atoms with Crippen LogP contribution in [0.5, 0.6) is 0 Å². The minimum Gasteiger partial charge on any atom is -0.316 e. The molecule has 78 valence electrons. The third-order valence-corrected chi connectivity index (χ3v) is 2.88. The monoisotopic (exact) mass is 202 g/mol. The van der Waals surface area contributed by atoms with Crippen LogP contribution in [0.3, 0.4) is 0 Å². The third-order valence-electron chi connectivity index (χ3n) is 2.88. The summed E-state index contributed by atoms with van der Waals surface area (Å²) in [6.45, 7) is 1.95. The van der Waals surface area contributed by atoms with Crippen LogP contribution >= 0.6 is 0 Å². The predicted molar refractivity (Wildman–Crippen MR) is 58.3 cm³/mol. The number of hydrogen-bond donors (Lipinski definition) is 1. The number of rotatable bonds is 3. The van der Waals surface area contributed by atoms with Gasteiger partial charge < -0.3 is 5.32 Å². The molecule has 1 fully saturated rings. The minimum atomic E-state index is -0.0290. The van der Waals surface area contributed by atoms with Gasteiger partial charge in [0.15, 0.2) is 0 Å². The Bertz CT molecular complexity index is 351. The maximum absolute atomic E-state index is 10.4. The van der Waals surface area contributed by atoms with Crippen LogP contribution in [-0.4, -0.2) is 19.2 Å². The summed E-state index contributed by atoms with van der Waals surface area (Å²) in [6, 6.07) is 9.93. The molecule has 15 heavy (non-hydrogen) atoms. The molecule has 1 aliphatic heterocycles. The van der Waals surface area contributed by atoms with Crippen molar-refractivity contribution in [3.63, 3.8) is 0 Å². The standard InChI is InChI=1S/C12H14N2O/c15-9-14-12(11-6-7-13-8-11)10-4-2-1-3-5-10/h1-5,11-13H,6-8H2. The Labute approximate surface area is 89.2 Å². The van der Waals surface area contributed by atoms with Crippen molar-refractivity contribution in [2.75, 3.05) is 13.1 Å². The van der Waals surface area contributed by atoms with Gasteiger partial charge in [-0.2, -0.15) is 4.99 Å². The number of isocyanates is 1. The van der Waals surface area contributed by atoms with Gasteiger partial charge in [0.2, 0.25) is 6.08 Å². The molecule has 1 heterocycles. The Balaban J connectivity index is 2.23. The van der Waals surface area contributed by atoms with E-state index < -0.39 is 0 Å². The van der Waals surface area contributed by atoms with Crippen molar-refractivity contribution in [1.82, 2.24) is 5.32 Å². The zero-order chi connectivity index (χ0) is 10.5. The molecule has 0 spiro atoms. The van der Waals surface area contributed by atoms with Gasteiger partial charge in [-0.3, -0.25) is 0 Å². The molecule has 3 nitrogen and oxygen atoms in total. The lowest BCUT2D eigenvalue weighted by molar-refractivity contribution is 0.465. The van der Waals surface area contributed by atoms with Gasteiger partial charge in [0.1, 0.15) is 0 Å². The summed E-state index contributed by atoms with van der Waals surface area (Å²) >= 11 is 0. The largest absolute Gasteiger partial charge is 0.316 e. The van der Waals surface area contributed by atoms with E-state index in [4.69, 9.17) is 0 Å². The molecule has 2 unspecified atom stereocenters. The highest BCUT2D eigenvalue weighted by atomic mass is 16.1. The van der Waals surface area contributed by atoms with Crippen molar-refractivity contribution in [3.8, 4) is 0 Å². The van der Waals surface area contributed by atoms with Gasteiger partial charge in [-0.15, -0.1) is 0 Å². The quantitative estimate of drug-likeness (QED) is 0.598. The zero-order valence-corrected chi connectivity index (χ0v) is 8.52. The zero-order valence-electron chi connectivity index (χ0n) is 8.52. The molecule has 0 aliphatic carbocycles. The van der Waals surface area contributed by atoms with E-state index in [1.54, 1.807) is 6.08 Å². The number of nitrogens with one attached hydrogen (secondary N) is 1. The molecule has 2 atom stereocenters. The molecular formula is C12H14N2O. The van der Waals surface area contributed by atoms with E-state index in [9.17, 15) is 4.79 Å². The van der Waals surface area contributed by atoms with Crippen LogP contribution in [0.25, 0.3) is 0 Å². The van der Waals surface area contributed by atoms with Gasteiger partial charge in [-0.1, -0.05) is 30.3 Å². The normalized spacial score (nSPS) is 22.0. The number of hydrogen-bond acceptors (Lipinski definition) is 3. The molecule has 3 heteroatoms. The summed E-state index contributed by atoms with van der Waals surface area (Å²) in [5, 5.41) is 3.29. The molecule has 0 radical (unpaired) electrons. The van der Waals surface area contributed by atoms with Gasteiger partial charge in [-0.25, -0.2) is 4.79 Å². The summed E-state index contributed by atoms with van der Waals surface area (Å²) in [5.74, 6) is 0.425. The first-order valence-electron chi connectivity index (χ1n) is 5.24. The smallest absolute Gasteiger partial charge is 0.235 e. The van der Waals surface area contributed by atoms with Gasteiger partial charge in [0.25, 0.3) is 0 Å². The molecule has 1 aromatic carbocycles. The molecule has 0 saturated carbocycles. The van der Waals surface area contributed by atoms with Gasteiger partial charge in [-0.05, 0) is 24.4 Å². The molecule has 0 bridgehead atoms. The Hall–Kier alpha value is -1.44. The topological polar surface area (TPSA) is 41.5 Å². The summed E-state index contributed by atoms with van der Waals surface area (Å²) in [6.07, 6.45) is 2.76. The molecule has 0 amide bonds. The van der Waals surface area contributed by atoms with Gasteiger partial charge >= 0.3 is 0 Å². The maximum atomic E-state index is 10.4. The second-order valence-corrected chi connectivity index (χ2v) is 3.83. The van der Waals surface area contributed by atoms with Crippen molar-refractivity contribution in [3.05, 3.63) is 35.9 Å². The number of carbonyl (C=O) groups excluding carboxylic acids is 1. The van der Waals surface area contributed by atoms with Gasteiger partial charge in [0, 0.05) is 6.54 Å². The lowest BCUT2D eigenvalue weighted by Crippen LogP contribution is -2.15. The van der Waals surface area contributed by atoms with Crippen LogP contribution in [0, 0.1) is 5.92 Å². The fourth-order valence-electron chi connectivity index (χ4n) is 2.11. The summed E-state index contributed by atoms with van der Waals surface area (Å²) in [7, 11) is 0. The van der Waals surface area contributed by atoms with Crippen LogP contribution in [0.2, 0.25) is 0 Å². The first kappa shape index (κ1) is 10.1. The van der Waals surface area contributed by atoms with Crippen molar-refractivity contribution < 1.29 is 4.79 Å². The third kappa shape index (κ3) is 2.32. The number of nitrogens with zero attached hydrogens (tertiary/aromatic N) is 1. The van der Waals surface area contributed by atoms with Crippen molar-refractivity contribution in [1.29, 1.82) is 0 Å². The Morgan fingerprint density at radius 1 is 1.40 bits per heavy atom. The summed E-state index contributed by atoms with van der Waals surface area (Å²) in [4.78, 5) is 14.4. The fraction of sp³-hybridized carbons (Fsp3) is 0.417. The van der Waals surface area contributed by atoms with E-state index >= 15 is 0 Å². The summed E-state index contributed by atoms with van der Waals surface area (Å²) in [5.41, 5.74) is 1.11. The first-order valence-corrected chi connectivity index (χ1v) is 5.24. The average molecular weight is 202 g/mol. The van der Waals surface area contributed by atoms with E-state index in [-0.39, 0.29) is 6.04 Å². The van der Waals surface area contributed by atoms with Gasteiger partial charge in [0.05, 0.1) is 6.04 Å². The SMILES string of the molecule is O=C=NC(c1ccccc1)C1CCNC1. The number of aliphatic imine (C=N–C) groups is 1. The molecule has 2 rings (SSSR count). The van der Waals surface area contributed by atoms with Crippen molar-refractivity contribution >= 4 is 6.08 Å². The van der Waals surface area contributed by atoms with E-state index in [2.05, 4.69) is 10.3 Å².